The second-order valence-corrected chi connectivity index (χ2v) is 8.25. The van der Waals surface area contributed by atoms with E-state index >= 15 is 0 Å². The number of rotatable bonds is 9. The van der Waals surface area contributed by atoms with Gasteiger partial charge in [0.1, 0.15) is 12.4 Å². The summed E-state index contributed by atoms with van der Waals surface area (Å²) in [7, 11) is 0. The highest BCUT2D eigenvalue weighted by atomic mass is 16.5. The lowest BCUT2D eigenvalue weighted by Crippen LogP contribution is -2.26. The molecule has 0 unspecified atom stereocenters. The minimum Gasteiger partial charge on any atom is -0.492 e. The van der Waals surface area contributed by atoms with Gasteiger partial charge in [0, 0.05) is 31.7 Å². The van der Waals surface area contributed by atoms with Gasteiger partial charge in [0.25, 0.3) is 5.91 Å². The summed E-state index contributed by atoms with van der Waals surface area (Å²) in [5.74, 6) is 2.32. The van der Waals surface area contributed by atoms with Crippen LogP contribution in [0.5, 0.6) is 5.75 Å². The Bertz CT molecular complexity index is 863. The predicted octanol–water partition coefficient (Wildman–Crippen LogP) is 3.69. The maximum Gasteiger partial charge on any atom is 0.251 e. The number of amides is 1. The van der Waals surface area contributed by atoms with E-state index in [0.29, 0.717) is 25.1 Å². The molecule has 2 aromatic carbocycles. The standard InChI is InChI=1S/C25H31N3O2/c1-19-17-28(18-20(19)2)14-15-30-24-8-6-21(7-9-24)11-13-27-25(29)23-5-3-4-22(16-23)10-12-26/h3-9,16,19-20H,10-11,13-15,17-18H2,1-2H3,(H,27,29)/t19-,20+. The molecule has 1 aliphatic rings. The summed E-state index contributed by atoms with van der Waals surface area (Å²) < 4.78 is 5.89. The van der Waals surface area contributed by atoms with Crippen molar-refractivity contribution in [2.24, 2.45) is 11.8 Å². The number of ether oxygens (including phenoxy) is 1. The van der Waals surface area contributed by atoms with E-state index in [-0.39, 0.29) is 5.91 Å². The van der Waals surface area contributed by atoms with Crippen LogP contribution in [0.25, 0.3) is 0 Å². The van der Waals surface area contributed by atoms with Crippen molar-refractivity contribution >= 4 is 5.91 Å². The predicted molar refractivity (Wildman–Crippen MR) is 119 cm³/mol. The summed E-state index contributed by atoms with van der Waals surface area (Å²) in [5.41, 5.74) is 2.60. The van der Waals surface area contributed by atoms with E-state index < -0.39 is 0 Å². The first kappa shape index (κ1) is 21.9. The smallest absolute Gasteiger partial charge is 0.251 e. The summed E-state index contributed by atoms with van der Waals surface area (Å²) >= 11 is 0. The van der Waals surface area contributed by atoms with Crippen molar-refractivity contribution in [1.29, 1.82) is 5.26 Å². The Morgan fingerprint density at radius 3 is 2.57 bits per heavy atom. The van der Waals surface area contributed by atoms with E-state index in [1.54, 1.807) is 12.1 Å². The van der Waals surface area contributed by atoms with E-state index in [9.17, 15) is 4.79 Å². The van der Waals surface area contributed by atoms with Gasteiger partial charge in [-0.15, -0.1) is 0 Å². The molecular weight excluding hydrogens is 374 g/mol. The zero-order valence-electron chi connectivity index (χ0n) is 17.9. The highest BCUT2D eigenvalue weighted by molar-refractivity contribution is 5.94. The third-order valence-corrected chi connectivity index (χ3v) is 5.83. The average molecular weight is 406 g/mol. The number of nitrogens with zero attached hydrogens (tertiary/aromatic N) is 2. The Morgan fingerprint density at radius 2 is 1.87 bits per heavy atom. The van der Waals surface area contributed by atoms with Gasteiger partial charge in [0.05, 0.1) is 12.5 Å². The monoisotopic (exact) mass is 405 g/mol. The van der Waals surface area contributed by atoms with Crippen molar-refractivity contribution in [3.05, 3.63) is 65.2 Å². The fraction of sp³-hybridized carbons (Fsp3) is 0.440. The molecule has 5 nitrogen and oxygen atoms in total. The van der Waals surface area contributed by atoms with E-state index in [1.807, 2.05) is 24.3 Å². The van der Waals surface area contributed by atoms with Gasteiger partial charge in [-0.25, -0.2) is 0 Å². The first-order valence-electron chi connectivity index (χ1n) is 10.7. The van der Waals surface area contributed by atoms with Crippen molar-refractivity contribution in [2.45, 2.75) is 26.7 Å². The van der Waals surface area contributed by atoms with Gasteiger partial charge in [-0.3, -0.25) is 9.69 Å². The lowest BCUT2D eigenvalue weighted by molar-refractivity contribution is 0.0954. The van der Waals surface area contributed by atoms with Crippen LogP contribution in [0.2, 0.25) is 0 Å². The Labute approximate surface area is 179 Å². The zero-order valence-corrected chi connectivity index (χ0v) is 17.9. The molecule has 1 aliphatic heterocycles. The van der Waals surface area contributed by atoms with Crippen LogP contribution in [-0.4, -0.2) is 43.6 Å². The molecule has 0 saturated carbocycles. The van der Waals surface area contributed by atoms with Crippen LogP contribution >= 0.6 is 0 Å². The summed E-state index contributed by atoms with van der Waals surface area (Å²) in [6.07, 6.45) is 1.07. The van der Waals surface area contributed by atoms with Crippen molar-refractivity contribution in [2.75, 3.05) is 32.8 Å². The number of carbonyl (C=O) groups is 1. The van der Waals surface area contributed by atoms with Crippen LogP contribution in [0.1, 0.15) is 35.3 Å². The molecular formula is C25H31N3O2. The number of nitrogens with one attached hydrogen (secondary N) is 1. The Balaban J connectivity index is 1.38. The van der Waals surface area contributed by atoms with Crippen LogP contribution in [0.3, 0.4) is 0 Å². The highest BCUT2D eigenvalue weighted by Crippen LogP contribution is 2.21. The summed E-state index contributed by atoms with van der Waals surface area (Å²) in [6, 6.07) is 17.4. The molecule has 0 spiro atoms. The maximum absolute atomic E-state index is 12.3. The fourth-order valence-corrected chi connectivity index (χ4v) is 3.81. The molecule has 5 heteroatoms. The van der Waals surface area contributed by atoms with Crippen molar-refractivity contribution in [3.63, 3.8) is 0 Å². The van der Waals surface area contributed by atoms with Crippen LogP contribution in [0, 0.1) is 23.2 Å². The van der Waals surface area contributed by atoms with Gasteiger partial charge < -0.3 is 10.1 Å². The number of likely N-dealkylation sites (tertiary alicyclic amines) is 1. The van der Waals surface area contributed by atoms with Crippen molar-refractivity contribution in [1.82, 2.24) is 10.2 Å². The third-order valence-electron chi connectivity index (χ3n) is 5.83. The second-order valence-electron chi connectivity index (χ2n) is 8.25. The van der Waals surface area contributed by atoms with E-state index in [2.05, 4.69) is 42.3 Å². The van der Waals surface area contributed by atoms with Gasteiger partial charge in [0.2, 0.25) is 0 Å². The number of nitriles is 1. The molecule has 1 amide bonds. The number of carbonyl (C=O) groups excluding carboxylic acids is 1. The molecule has 1 heterocycles. The topological polar surface area (TPSA) is 65.4 Å². The van der Waals surface area contributed by atoms with E-state index in [1.165, 1.54) is 0 Å². The number of hydrogen-bond donors (Lipinski definition) is 1. The first-order valence-corrected chi connectivity index (χ1v) is 10.7. The summed E-state index contributed by atoms with van der Waals surface area (Å²) in [4.78, 5) is 14.8. The summed E-state index contributed by atoms with van der Waals surface area (Å²) in [6.45, 7) is 9.21. The van der Waals surface area contributed by atoms with Crippen LogP contribution < -0.4 is 10.1 Å². The minimum atomic E-state index is -0.111. The van der Waals surface area contributed by atoms with E-state index in [0.717, 1.165) is 54.8 Å². The molecule has 1 fully saturated rings. The fourth-order valence-electron chi connectivity index (χ4n) is 3.81. The molecule has 0 bridgehead atoms. The number of benzene rings is 2. The average Bonchev–Trinajstić information content (AvgIpc) is 3.07. The SMILES string of the molecule is C[C@@H]1CN(CCOc2ccc(CCNC(=O)c3cccc(CC#N)c3)cc2)C[C@@H]1C. The molecule has 0 aliphatic carbocycles. The molecule has 2 aromatic rings. The largest absolute Gasteiger partial charge is 0.492 e. The van der Waals surface area contributed by atoms with Gasteiger partial charge in [-0.05, 0) is 53.6 Å². The highest BCUT2D eigenvalue weighted by Gasteiger charge is 2.25. The maximum atomic E-state index is 12.3. The molecule has 2 atom stereocenters. The zero-order chi connectivity index (χ0) is 21.3. The summed E-state index contributed by atoms with van der Waals surface area (Å²) in [5, 5.41) is 11.7. The van der Waals surface area contributed by atoms with E-state index in [4.69, 9.17) is 10.00 Å². The number of hydrogen-bond acceptors (Lipinski definition) is 4. The van der Waals surface area contributed by atoms with Gasteiger partial charge in [-0.1, -0.05) is 38.1 Å². The van der Waals surface area contributed by atoms with Gasteiger partial charge in [0.15, 0.2) is 0 Å². The second kappa shape index (κ2) is 10.8. The minimum absolute atomic E-state index is 0.111. The molecule has 30 heavy (non-hydrogen) atoms. The molecule has 0 radical (unpaired) electrons. The quantitative estimate of drug-likeness (QED) is 0.691. The van der Waals surface area contributed by atoms with Crippen LogP contribution in [0.4, 0.5) is 0 Å². The molecule has 158 valence electrons. The lowest BCUT2D eigenvalue weighted by Gasteiger charge is -2.16. The van der Waals surface area contributed by atoms with Crippen LogP contribution in [0.15, 0.2) is 48.5 Å². The molecule has 0 aromatic heterocycles. The molecule has 1 saturated heterocycles. The lowest BCUT2D eigenvalue weighted by atomic mass is 10.0. The Hall–Kier alpha value is -2.84. The van der Waals surface area contributed by atoms with Crippen molar-refractivity contribution in [3.8, 4) is 11.8 Å². The normalized spacial score (nSPS) is 18.7. The third kappa shape index (κ3) is 6.33. The van der Waals surface area contributed by atoms with Gasteiger partial charge >= 0.3 is 0 Å². The first-order chi connectivity index (χ1) is 14.5. The van der Waals surface area contributed by atoms with Crippen LogP contribution in [-0.2, 0) is 12.8 Å². The van der Waals surface area contributed by atoms with Crippen molar-refractivity contribution < 1.29 is 9.53 Å². The molecule has 1 N–H and O–H groups in total. The van der Waals surface area contributed by atoms with Gasteiger partial charge in [-0.2, -0.15) is 5.26 Å². The molecule has 3 rings (SSSR count). The Kier molecular flexibility index (Phi) is 7.87. The Morgan fingerprint density at radius 1 is 1.13 bits per heavy atom.